The number of Topliss-reactive ketones (excluding diaryl/α,β-unsaturated/α-hetero) is 2. The summed E-state index contributed by atoms with van der Waals surface area (Å²) in [5.41, 5.74) is 3.29. The molecule has 0 saturated heterocycles. The Bertz CT molecular complexity index is 1820. The zero-order chi connectivity index (χ0) is 31.1. The van der Waals surface area contributed by atoms with Crippen LogP contribution >= 0.6 is 0 Å². The van der Waals surface area contributed by atoms with Crippen molar-refractivity contribution in [2.45, 2.75) is 5.92 Å². The fourth-order valence-electron chi connectivity index (χ4n) is 6.55. The molecule has 5 aromatic rings. The summed E-state index contributed by atoms with van der Waals surface area (Å²) in [6.45, 7) is 0. The van der Waals surface area contributed by atoms with Gasteiger partial charge in [-0.3, -0.25) is 29.0 Å². The van der Waals surface area contributed by atoms with E-state index in [1.165, 1.54) is 16.9 Å². The molecule has 2 heterocycles. The number of rotatable bonds is 6. The smallest absolute Gasteiger partial charge is 0.243 e. The maximum Gasteiger partial charge on any atom is 0.243 e. The van der Waals surface area contributed by atoms with E-state index >= 15 is 0 Å². The van der Waals surface area contributed by atoms with E-state index in [0.717, 1.165) is 0 Å². The van der Waals surface area contributed by atoms with Crippen LogP contribution < -0.4 is 14.5 Å². The zero-order valence-electron chi connectivity index (χ0n) is 24.4. The third-order valence-electron chi connectivity index (χ3n) is 8.61. The fourth-order valence-corrected chi connectivity index (χ4v) is 6.55. The molecule has 0 radical (unpaired) electrons. The highest BCUT2D eigenvalue weighted by atomic mass is 16.5. The molecule has 0 aromatic heterocycles. The van der Waals surface area contributed by atoms with Crippen LogP contribution in [0.1, 0.15) is 32.2 Å². The molecular formula is C38H28N2O5. The van der Waals surface area contributed by atoms with Crippen LogP contribution in [0.2, 0.25) is 0 Å². The Morgan fingerprint density at radius 3 is 1.33 bits per heavy atom. The van der Waals surface area contributed by atoms with Crippen molar-refractivity contribution in [3.63, 3.8) is 0 Å². The van der Waals surface area contributed by atoms with Crippen LogP contribution in [0.3, 0.4) is 0 Å². The molecule has 220 valence electrons. The van der Waals surface area contributed by atoms with Crippen molar-refractivity contribution in [2.75, 3.05) is 16.9 Å². The molecule has 2 aliphatic heterocycles. The van der Waals surface area contributed by atoms with E-state index in [0.29, 0.717) is 45.2 Å². The van der Waals surface area contributed by atoms with Crippen LogP contribution in [-0.4, -0.2) is 30.5 Å². The number of fused-ring (bicyclic) bond motifs is 2. The minimum atomic E-state index is -1.37. The molecule has 2 atom stereocenters. The van der Waals surface area contributed by atoms with Crippen LogP contribution in [0.5, 0.6) is 5.75 Å². The molecule has 7 nitrogen and oxygen atoms in total. The minimum Gasteiger partial charge on any atom is -0.497 e. The number of methoxy groups -OCH3 is 1. The first-order valence-corrected chi connectivity index (χ1v) is 14.7. The molecule has 2 amide bonds. The van der Waals surface area contributed by atoms with Gasteiger partial charge in [0.1, 0.15) is 17.6 Å². The predicted octanol–water partition coefficient (Wildman–Crippen LogP) is 7.13. The first kappa shape index (κ1) is 28.0. The second kappa shape index (κ2) is 11.4. The van der Waals surface area contributed by atoms with Gasteiger partial charge in [0.05, 0.1) is 18.5 Å². The molecule has 0 N–H and O–H groups in total. The summed E-state index contributed by atoms with van der Waals surface area (Å²) < 4.78 is 5.38. The highest BCUT2D eigenvalue weighted by molar-refractivity contribution is 6.28. The van der Waals surface area contributed by atoms with Crippen LogP contribution in [0.25, 0.3) is 0 Å². The van der Waals surface area contributed by atoms with Crippen molar-refractivity contribution in [1.29, 1.82) is 0 Å². The molecule has 2 aliphatic rings. The molecule has 0 fully saturated rings. The number of nitrogens with zero attached hydrogens (tertiary/aromatic N) is 2. The topological polar surface area (TPSA) is 84.0 Å². The summed E-state index contributed by atoms with van der Waals surface area (Å²) in [4.78, 5) is 61.5. The molecular weight excluding hydrogens is 564 g/mol. The highest BCUT2D eigenvalue weighted by Crippen LogP contribution is 2.48. The maximum atomic E-state index is 14.7. The van der Waals surface area contributed by atoms with E-state index < -0.39 is 41.1 Å². The molecule has 5 aromatic carbocycles. The van der Waals surface area contributed by atoms with Gasteiger partial charge in [-0.2, -0.15) is 0 Å². The Kier molecular flexibility index (Phi) is 7.06. The van der Waals surface area contributed by atoms with Crippen LogP contribution in [0, 0.1) is 11.8 Å². The molecule has 7 heteroatoms. The van der Waals surface area contributed by atoms with Crippen molar-refractivity contribution in [3.8, 4) is 5.75 Å². The molecule has 0 aliphatic carbocycles. The Hall–Kier alpha value is -5.82. The molecule has 45 heavy (non-hydrogen) atoms. The van der Waals surface area contributed by atoms with Gasteiger partial charge in [-0.05, 0) is 66.2 Å². The van der Waals surface area contributed by atoms with Gasteiger partial charge in [0.2, 0.25) is 11.8 Å². The molecule has 0 bridgehead atoms. The number of anilines is 4. The number of ether oxygens (including phenoxy) is 1. The summed E-state index contributed by atoms with van der Waals surface area (Å²) in [7, 11) is 1.54. The summed E-state index contributed by atoms with van der Waals surface area (Å²) >= 11 is 0. The summed E-state index contributed by atoms with van der Waals surface area (Å²) in [6.07, 6.45) is 0. The van der Waals surface area contributed by atoms with Crippen molar-refractivity contribution >= 4 is 46.1 Å². The van der Waals surface area contributed by atoms with Gasteiger partial charge in [-0.25, -0.2) is 0 Å². The summed E-state index contributed by atoms with van der Waals surface area (Å²) in [5, 5.41) is 0. The maximum absolute atomic E-state index is 14.7. The Labute approximate surface area is 260 Å². The molecule has 0 saturated carbocycles. The predicted molar refractivity (Wildman–Crippen MR) is 171 cm³/mol. The van der Waals surface area contributed by atoms with E-state index in [-0.39, 0.29) is 0 Å². The van der Waals surface area contributed by atoms with E-state index in [2.05, 4.69) is 0 Å². The van der Waals surface area contributed by atoms with Gasteiger partial charge in [0.15, 0.2) is 11.6 Å². The van der Waals surface area contributed by atoms with Crippen molar-refractivity contribution in [3.05, 3.63) is 150 Å². The minimum absolute atomic E-state index is 0.348. The van der Waals surface area contributed by atoms with Gasteiger partial charge in [-0.1, -0.05) is 72.8 Å². The highest BCUT2D eigenvalue weighted by Gasteiger charge is 2.53. The molecule has 0 spiro atoms. The van der Waals surface area contributed by atoms with Crippen molar-refractivity contribution < 1.29 is 23.9 Å². The Morgan fingerprint density at radius 1 is 0.511 bits per heavy atom. The third-order valence-corrected chi connectivity index (χ3v) is 8.61. The third kappa shape index (κ3) is 4.60. The lowest BCUT2D eigenvalue weighted by Crippen LogP contribution is -2.52. The van der Waals surface area contributed by atoms with Crippen molar-refractivity contribution in [1.82, 2.24) is 0 Å². The first-order valence-electron chi connectivity index (χ1n) is 14.7. The van der Waals surface area contributed by atoms with E-state index in [9.17, 15) is 19.2 Å². The molecule has 0 unspecified atom stereocenters. The van der Waals surface area contributed by atoms with Crippen LogP contribution in [0.4, 0.5) is 22.7 Å². The van der Waals surface area contributed by atoms with Crippen LogP contribution in [0.15, 0.2) is 133 Å². The number of para-hydroxylation sites is 4. The van der Waals surface area contributed by atoms with Crippen LogP contribution in [-0.2, 0) is 9.59 Å². The van der Waals surface area contributed by atoms with Crippen molar-refractivity contribution in [2.24, 2.45) is 11.8 Å². The van der Waals surface area contributed by atoms with Gasteiger partial charge in [-0.15, -0.1) is 0 Å². The lowest BCUT2D eigenvalue weighted by atomic mass is 9.68. The first-order chi connectivity index (χ1) is 22.0. The lowest BCUT2D eigenvalue weighted by molar-refractivity contribution is -0.123. The van der Waals surface area contributed by atoms with Gasteiger partial charge in [0.25, 0.3) is 0 Å². The largest absolute Gasteiger partial charge is 0.497 e. The number of hydrogen-bond donors (Lipinski definition) is 0. The Morgan fingerprint density at radius 2 is 0.911 bits per heavy atom. The number of carbonyl (C=O) groups excluding carboxylic acids is 4. The normalized spacial score (nSPS) is 17.7. The van der Waals surface area contributed by atoms with Gasteiger partial charge < -0.3 is 4.74 Å². The lowest BCUT2D eigenvalue weighted by Gasteiger charge is -2.41. The van der Waals surface area contributed by atoms with E-state index in [1.807, 2.05) is 36.4 Å². The standard InChI is InChI=1S/C38H28N2O5/c1-45-27-22-20-24(21-23-27)32(33-35(41)28-16-8-10-18-30(28)39(37(33)43)25-12-4-2-5-13-25)34-36(42)29-17-9-11-19-31(29)40(38(34)44)26-14-6-3-7-15-26/h2-23,32-34H,1H3/t33-,34-/m0/s1. The summed E-state index contributed by atoms with van der Waals surface area (Å²) in [5.74, 6) is -5.16. The quantitative estimate of drug-likeness (QED) is 0.196. The SMILES string of the molecule is COc1ccc(C([C@H]2C(=O)c3ccccc3N(c3ccccc3)C2=O)[C@H]2C(=O)c3ccccc3N(c3ccccc3)C2=O)cc1. The fraction of sp³-hybridized carbons (Fsp3) is 0.105. The number of ketones is 2. The van der Waals surface area contributed by atoms with Gasteiger partial charge >= 0.3 is 0 Å². The average molecular weight is 593 g/mol. The van der Waals surface area contributed by atoms with Gasteiger partial charge in [0, 0.05) is 28.4 Å². The average Bonchev–Trinajstić information content (AvgIpc) is 3.09. The monoisotopic (exact) mass is 592 g/mol. The summed E-state index contributed by atoms with van der Waals surface area (Å²) in [6, 6.07) is 39.0. The number of amides is 2. The number of carbonyl (C=O) groups is 4. The van der Waals surface area contributed by atoms with E-state index in [4.69, 9.17) is 4.74 Å². The zero-order valence-corrected chi connectivity index (χ0v) is 24.4. The number of hydrogen-bond acceptors (Lipinski definition) is 5. The van der Waals surface area contributed by atoms with E-state index in [1.54, 1.807) is 97.1 Å². The Balaban J connectivity index is 1.46. The second-order valence-corrected chi connectivity index (χ2v) is 11.0. The number of benzene rings is 5. The molecule has 7 rings (SSSR count). The second-order valence-electron chi connectivity index (χ2n) is 11.0.